The zero-order valence-corrected chi connectivity index (χ0v) is 25.2. The predicted molar refractivity (Wildman–Crippen MR) is 151 cm³/mol. The van der Waals surface area contributed by atoms with Crippen molar-refractivity contribution in [2.24, 2.45) is 17.6 Å². The van der Waals surface area contributed by atoms with Crippen LogP contribution in [0.2, 0.25) is 0 Å². The Labute approximate surface area is 240 Å². The van der Waals surface area contributed by atoms with E-state index in [-0.39, 0.29) is 35.2 Å². The number of halogens is 4. The molecule has 0 unspecified atom stereocenters. The number of alkyl halides is 3. The lowest BCUT2D eigenvalue weighted by atomic mass is 9.82. The van der Waals surface area contributed by atoms with Gasteiger partial charge in [0.25, 0.3) is 0 Å². The number of hydrogen-bond donors (Lipinski definition) is 1. The van der Waals surface area contributed by atoms with Crippen molar-refractivity contribution in [2.45, 2.75) is 92.9 Å². The predicted octanol–water partition coefficient (Wildman–Crippen LogP) is 7.90. The zero-order valence-electron chi connectivity index (χ0n) is 25.2. The highest BCUT2D eigenvalue weighted by molar-refractivity contribution is 6.04. The van der Waals surface area contributed by atoms with Gasteiger partial charge in [0.1, 0.15) is 5.56 Å². The molecule has 1 aliphatic carbocycles. The Morgan fingerprint density at radius 3 is 2.15 bits per heavy atom. The Morgan fingerprint density at radius 2 is 1.66 bits per heavy atom. The van der Waals surface area contributed by atoms with E-state index in [0.29, 0.717) is 18.8 Å². The van der Waals surface area contributed by atoms with Gasteiger partial charge in [0, 0.05) is 36.8 Å². The molecule has 1 fully saturated rings. The molecule has 11 heteroatoms. The van der Waals surface area contributed by atoms with Crippen LogP contribution in [-0.2, 0) is 22.3 Å². The van der Waals surface area contributed by atoms with Crippen molar-refractivity contribution in [3.8, 4) is 11.6 Å². The van der Waals surface area contributed by atoms with Gasteiger partial charge in [-0.2, -0.15) is 13.2 Å². The van der Waals surface area contributed by atoms with Gasteiger partial charge in [-0.05, 0) is 57.1 Å². The molecule has 1 amide bonds. The summed E-state index contributed by atoms with van der Waals surface area (Å²) in [6.07, 6.45) is -0.665. The molecule has 41 heavy (non-hydrogen) atoms. The Morgan fingerprint density at radius 1 is 1.07 bits per heavy atom. The topological polar surface area (TPSA) is 94.8 Å². The number of ether oxygens (including phenoxy) is 2. The van der Waals surface area contributed by atoms with Crippen molar-refractivity contribution in [3.05, 3.63) is 46.9 Å². The lowest BCUT2D eigenvalue weighted by Gasteiger charge is -2.34. The summed E-state index contributed by atoms with van der Waals surface area (Å²) in [6.45, 7) is 13.4. The van der Waals surface area contributed by atoms with Gasteiger partial charge in [-0.15, -0.1) is 0 Å². The molecule has 0 bridgehead atoms. The van der Waals surface area contributed by atoms with Crippen LogP contribution in [0.3, 0.4) is 0 Å². The molecule has 2 N–H and O–H groups in total. The van der Waals surface area contributed by atoms with Crippen molar-refractivity contribution in [1.29, 1.82) is 0 Å². The van der Waals surface area contributed by atoms with Crippen LogP contribution in [0, 0.1) is 17.7 Å². The number of carbonyl (C=O) groups excluding carboxylic acids is 2. The third kappa shape index (κ3) is 9.14. The lowest BCUT2D eigenvalue weighted by molar-refractivity contribution is -0.139. The van der Waals surface area contributed by atoms with Crippen molar-refractivity contribution in [3.63, 3.8) is 0 Å². The Hall–Kier alpha value is -3.21. The second kappa shape index (κ2) is 16.3. The minimum Gasteiger partial charge on any atom is -0.465 e. The van der Waals surface area contributed by atoms with Crippen molar-refractivity contribution >= 4 is 17.6 Å². The number of pyridine rings is 1. The molecule has 2 aromatic rings. The number of nitrogens with two attached hydrogens (primary N) is 1. The van der Waals surface area contributed by atoms with E-state index in [1.165, 1.54) is 4.90 Å². The van der Waals surface area contributed by atoms with Crippen LogP contribution in [0.25, 0.3) is 0 Å². The van der Waals surface area contributed by atoms with E-state index in [1.807, 2.05) is 27.7 Å². The summed E-state index contributed by atoms with van der Waals surface area (Å²) < 4.78 is 66.2. The molecule has 0 spiro atoms. The van der Waals surface area contributed by atoms with Gasteiger partial charge in [-0.25, -0.2) is 14.2 Å². The van der Waals surface area contributed by atoms with Gasteiger partial charge in [0.15, 0.2) is 11.6 Å². The molecule has 1 saturated carbocycles. The number of hydrogen-bond acceptors (Lipinski definition) is 6. The quantitative estimate of drug-likeness (QED) is 0.262. The van der Waals surface area contributed by atoms with Crippen LogP contribution in [0.1, 0.15) is 95.6 Å². The SMILES string of the molecule is CC.CC.COC(=O)c1cc(Oc2ncc(CN)cc2C(F)(F)F)c(F)cc1N(C(=O)C1CCC(C)CC1)C(C)C. The maximum absolute atomic E-state index is 15.3. The van der Waals surface area contributed by atoms with E-state index in [9.17, 15) is 22.8 Å². The molecular weight excluding hydrogens is 542 g/mol. The second-order valence-corrected chi connectivity index (χ2v) is 9.55. The maximum atomic E-state index is 15.3. The average Bonchev–Trinajstić information content (AvgIpc) is 2.95. The largest absolute Gasteiger partial charge is 0.465 e. The standard InChI is InChI=1S/C26H31F4N3O4.2C2H6/c1-14(2)33(24(34)17-7-5-15(3)6-8-17)21-11-20(27)22(10-18(21)25(35)36-4)37-23-19(26(28,29)30)9-16(12-31)13-32-23;2*1-2/h9-11,13-15,17H,5-8,12,31H2,1-4H3;2*1-2H3. The van der Waals surface area contributed by atoms with Gasteiger partial charge in [0.2, 0.25) is 11.8 Å². The van der Waals surface area contributed by atoms with Crippen LogP contribution >= 0.6 is 0 Å². The van der Waals surface area contributed by atoms with Crippen LogP contribution in [-0.4, -0.2) is 30.0 Å². The molecule has 1 aliphatic rings. The molecule has 1 heterocycles. The van der Waals surface area contributed by atoms with Gasteiger partial charge in [-0.1, -0.05) is 34.6 Å². The minimum absolute atomic E-state index is 0.0437. The molecule has 0 radical (unpaired) electrons. The summed E-state index contributed by atoms with van der Waals surface area (Å²) in [5, 5.41) is 0. The lowest BCUT2D eigenvalue weighted by Crippen LogP contribution is -2.43. The first kappa shape index (κ1) is 35.8. The summed E-state index contributed by atoms with van der Waals surface area (Å²) in [7, 11) is 1.11. The normalized spacial score (nSPS) is 16.5. The maximum Gasteiger partial charge on any atom is 0.421 e. The summed E-state index contributed by atoms with van der Waals surface area (Å²) in [4.78, 5) is 31.2. The zero-order chi connectivity index (χ0) is 31.5. The average molecular weight is 586 g/mol. The second-order valence-electron chi connectivity index (χ2n) is 9.55. The van der Waals surface area contributed by atoms with Crippen LogP contribution in [0.15, 0.2) is 24.4 Å². The summed E-state index contributed by atoms with van der Waals surface area (Å²) >= 11 is 0. The van der Waals surface area contributed by atoms with E-state index < -0.39 is 41.2 Å². The number of anilines is 1. The van der Waals surface area contributed by atoms with Gasteiger partial charge in [0.05, 0.1) is 18.4 Å². The summed E-state index contributed by atoms with van der Waals surface area (Å²) in [5.74, 6) is -3.59. The smallest absolute Gasteiger partial charge is 0.421 e. The monoisotopic (exact) mass is 585 g/mol. The first-order valence-electron chi connectivity index (χ1n) is 14.1. The molecule has 0 aliphatic heterocycles. The highest BCUT2D eigenvalue weighted by Crippen LogP contribution is 2.40. The summed E-state index contributed by atoms with van der Waals surface area (Å²) in [6, 6.07) is 2.16. The van der Waals surface area contributed by atoms with Crippen molar-refractivity contribution in [2.75, 3.05) is 12.0 Å². The van der Waals surface area contributed by atoms with E-state index in [0.717, 1.165) is 44.3 Å². The van der Waals surface area contributed by atoms with E-state index >= 15 is 4.39 Å². The third-order valence-corrected chi connectivity index (χ3v) is 6.49. The van der Waals surface area contributed by atoms with E-state index in [1.54, 1.807) is 13.8 Å². The fraction of sp³-hybridized carbons (Fsp3) is 0.567. The number of methoxy groups -OCH3 is 1. The number of carbonyl (C=O) groups is 2. The number of nitrogens with zero attached hydrogens (tertiary/aromatic N) is 2. The number of esters is 1. The molecular formula is C30H43F4N3O4. The Balaban J connectivity index is 0.00000201. The third-order valence-electron chi connectivity index (χ3n) is 6.49. The van der Waals surface area contributed by atoms with Gasteiger partial charge in [-0.3, -0.25) is 4.79 Å². The molecule has 230 valence electrons. The number of amides is 1. The first-order chi connectivity index (χ1) is 19.4. The highest BCUT2D eigenvalue weighted by Gasteiger charge is 2.37. The fourth-order valence-electron chi connectivity index (χ4n) is 4.44. The van der Waals surface area contributed by atoms with Gasteiger partial charge >= 0.3 is 12.1 Å². The Bertz CT molecular complexity index is 1150. The minimum atomic E-state index is -4.85. The Kier molecular flexibility index (Phi) is 14.2. The molecule has 7 nitrogen and oxygen atoms in total. The molecule has 1 aromatic heterocycles. The number of aromatic nitrogens is 1. The van der Waals surface area contributed by atoms with E-state index in [4.69, 9.17) is 15.2 Å². The van der Waals surface area contributed by atoms with Crippen LogP contribution < -0.4 is 15.4 Å². The molecule has 0 atom stereocenters. The van der Waals surface area contributed by atoms with Crippen molar-refractivity contribution < 1.29 is 36.6 Å². The molecule has 0 saturated heterocycles. The molecule has 3 rings (SSSR count). The first-order valence-corrected chi connectivity index (χ1v) is 14.1. The number of benzene rings is 1. The van der Waals surface area contributed by atoms with Crippen LogP contribution in [0.4, 0.5) is 23.2 Å². The van der Waals surface area contributed by atoms with Crippen LogP contribution in [0.5, 0.6) is 11.6 Å². The highest BCUT2D eigenvalue weighted by atomic mass is 19.4. The van der Waals surface area contributed by atoms with E-state index in [2.05, 4.69) is 11.9 Å². The molecule has 1 aromatic carbocycles. The summed E-state index contributed by atoms with van der Waals surface area (Å²) in [5.41, 5.74) is 4.01. The fourth-order valence-corrected chi connectivity index (χ4v) is 4.44. The number of rotatable bonds is 7. The van der Waals surface area contributed by atoms with Crippen molar-refractivity contribution in [1.82, 2.24) is 4.98 Å². The van der Waals surface area contributed by atoms with Gasteiger partial charge < -0.3 is 20.1 Å².